The highest BCUT2D eigenvalue weighted by atomic mass is 16.3. The molecule has 6 aliphatic rings. The van der Waals surface area contributed by atoms with E-state index in [1.54, 1.807) is 0 Å². The molecule has 1 aliphatic heterocycles. The highest BCUT2D eigenvalue weighted by Crippen LogP contribution is 2.39. The second kappa shape index (κ2) is 14.1. The minimum Gasteiger partial charge on any atom is -0.461 e. The fourth-order valence-electron chi connectivity index (χ4n) is 9.99. The Morgan fingerprint density at radius 3 is 2.46 bits per heavy atom. The van der Waals surface area contributed by atoms with E-state index < -0.39 is 6.17 Å². The summed E-state index contributed by atoms with van der Waals surface area (Å²) in [5.41, 5.74) is 12.3. The lowest BCUT2D eigenvalue weighted by Gasteiger charge is -2.27. The molecule has 56 heavy (non-hydrogen) atoms. The summed E-state index contributed by atoms with van der Waals surface area (Å²) < 4.78 is 9.11. The van der Waals surface area contributed by atoms with Gasteiger partial charge in [0.05, 0.1) is 11.2 Å². The molecule has 278 valence electrons. The predicted octanol–water partition coefficient (Wildman–Crippen LogP) is 11.1. The maximum Gasteiger partial charge on any atom is 0.171 e. The summed E-state index contributed by atoms with van der Waals surface area (Å²) in [4.78, 5) is 11.1. The molecule has 0 saturated carbocycles. The van der Waals surface area contributed by atoms with Gasteiger partial charge in [-0.05, 0) is 129 Å². The standard InChI is InChI=1S/C51H48N4O/c1-4-15-33(16-5-1)36-21-14-22-37(31-36)38-27-28-43(41(32-38)51-53-49(34-17-6-2-7-18-34)52-50(54-51)35-19-8-3-9-20-35)55-42-25-12-10-23-39(42)47-44(55)29-30-46-48(47)40-24-11-13-26-45(40)56-46/h1-2,4-6,14-15,17,19,21-23,25,27-33,51H,3,7-13,16,18,20,24,26H2,(H,52,53,54). The summed E-state index contributed by atoms with van der Waals surface area (Å²) >= 11 is 0. The Bertz CT molecular complexity index is 2770. The fourth-order valence-corrected chi connectivity index (χ4v) is 9.99. The van der Waals surface area contributed by atoms with Crippen LogP contribution in [-0.4, -0.2) is 16.2 Å². The molecular weight excluding hydrogens is 685 g/mol. The van der Waals surface area contributed by atoms with Crippen LogP contribution in [0.2, 0.25) is 0 Å². The molecule has 0 bridgehead atoms. The van der Waals surface area contributed by atoms with E-state index in [0.29, 0.717) is 5.92 Å². The molecule has 2 atom stereocenters. The number of aliphatic imine (C=N–C) groups is 2. The molecule has 0 spiro atoms. The first-order chi connectivity index (χ1) is 27.8. The van der Waals surface area contributed by atoms with Gasteiger partial charge in [-0.15, -0.1) is 0 Å². The van der Waals surface area contributed by atoms with Crippen molar-refractivity contribution in [3.63, 3.8) is 0 Å². The van der Waals surface area contributed by atoms with Gasteiger partial charge < -0.3 is 14.3 Å². The zero-order valence-corrected chi connectivity index (χ0v) is 32.1. The maximum atomic E-state index is 6.58. The van der Waals surface area contributed by atoms with Gasteiger partial charge in [-0.1, -0.05) is 91.1 Å². The van der Waals surface area contributed by atoms with E-state index in [9.17, 15) is 0 Å². The molecule has 0 amide bonds. The van der Waals surface area contributed by atoms with E-state index >= 15 is 0 Å². The van der Waals surface area contributed by atoms with Crippen molar-refractivity contribution in [3.05, 3.63) is 147 Å². The van der Waals surface area contributed by atoms with Crippen molar-refractivity contribution in [1.29, 1.82) is 0 Å². The topological polar surface area (TPSA) is 54.8 Å². The molecule has 3 aromatic carbocycles. The van der Waals surface area contributed by atoms with Crippen molar-refractivity contribution in [2.45, 2.75) is 95.6 Å². The zero-order chi connectivity index (χ0) is 37.0. The van der Waals surface area contributed by atoms with Crippen LogP contribution in [0, 0.1) is 0 Å². The van der Waals surface area contributed by atoms with Crippen LogP contribution in [0.25, 0.3) is 50.8 Å². The fraction of sp³-hybridized carbons (Fsp3) is 0.294. The Morgan fingerprint density at radius 1 is 0.696 bits per heavy atom. The molecular formula is C51H48N4O. The third-order valence-corrected chi connectivity index (χ3v) is 12.8. The summed E-state index contributed by atoms with van der Waals surface area (Å²) in [7, 11) is 0. The largest absolute Gasteiger partial charge is 0.461 e. The van der Waals surface area contributed by atoms with Crippen molar-refractivity contribution >= 4 is 45.7 Å². The molecule has 0 fully saturated rings. The minimum atomic E-state index is -0.411. The van der Waals surface area contributed by atoms with Crippen LogP contribution >= 0.6 is 0 Å². The molecule has 2 aromatic heterocycles. The Balaban J connectivity index is 1.16. The minimum absolute atomic E-state index is 0.388. The maximum absolute atomic E-state index is 6.58. The first-order valence-electron chi connectivity index (χ1n) is 21.1. The molecule has 0 radical (unpaired) electrons. The summed E-state index contributed by atoms with van der Waals surface area (Å²) in [5, 5.41) is 9.03. The molecule has 11 rings (SSSR count). The number of rotatable bonds is 6. The number of nitrogens with one attached hydrogen (secondary N) is 1. The average molecular weight is 733 g/mol. The molecule has 5 aromatic rings. The van der Waals surface area contributed by atoms with E-state index in [2.05, 4.69) is 125 Å². The normalized spacial score (nSPS) is 21.6. The van der Waals surface area contributed by atoms with Crippen LogP contribution in [0.4, 0.5) is 0 Å². The van der Waals surface area contributed by atoms with Crippen molar-refractivity contribution < 1.29 is 4.42 Å². The predicted molar refractivity (Wildman–Crippen MR) is 232 cm³/mol. The summed E-state index contributed by atoms with van der Waals surface area (Å²) in [6, 6.07) is 20.7. The Kier molecular flexibility index (Phi) is 8.48. The van der Waals surface area contributed by atoms with E-state index in [1.165, 1.54) is 91.7 Å². The Morgan fingerprint density at radius 2 is 1.59 bits per heavy atom. The van der Waals surface area contributed by atoms with Crippen LogP contribution < -0.4 is 15.9 Å². The van der Waals surface area contributed by atoms with Gasteiger partial charge in [0.1, 0.15) is 23.0 Å². The number of hydrogen-bond donors (Lipinski definition) is 1. The molecule has 5 heteroatoms. The Hall–Kier alpha value is -5.68. The van der Waals surface area contributed by atoms with Crippen LogP contribution in [0.15, 0.2) is 129 Å². The quantitative estimate of drug-likeness (QED) is 0.189. The second-order valence-corrected chi connectivity index (χ2v) is 16.3. The van der Waals surface area contributed by atoms with Crippen LogP contribution in [-0.2, 0) is 12.8 Å². The van der Waals surface area contributed by atoms with Gasteiger partial charge in [0.2, 0.25) is 0 Å². The van der Waals surface area contributed by atoms with Gasteiger partial charge in [0.25, 0.3) is 0 Å². The van der Waals surface area contributed by atoms with E-state index in [1.807, 2.05) is 0 Å². The first kappa shape index (κ1) is 33.6. The molecule has 0 saturated heterocycles. The Labute approximate surface area is 328 Å². The summed E-state index contributed by atoms with van der Waals surface area (Å²) in [6.45, 7) is 0. The van der Waals surface area contributed by atoms with E-state index in [-0.39, 0.29) is 0 Å². The second-order valence-electron chi connectivity index (χ2n) is 16.3. The van der Waals surface area contributed by atoms with Gasteiger partial charge >= 0.3 is 0 Å². The number of benzene rings is 3. The van der Waals surface area contributed by atoms with Crippen molar-refractivity contribution in [2.24, 2.45) is 9.98 Å². The van der Waals surface area contributed by atoms with Crippen molar-refractivity contribution in [3.8, 4) is 16.8 Å². The van der Waals surface area contributed by atoms with Gasteiger partial charge in [0, 0.05) is 44.8 Å². The van der Waals surface area contributed by atoms with Gasteiger partial charge in [-0.2, -0.15) is 0 Å². The SMILES string of the molecule is C1=CCCC(C2=NC(c3cc(-c4cccc(C5C=CC=CC5)c4)ccc3-n3c4c(c5c6c7c(oc6ccc53)CCCC7)=CCCC=4)N=C(C3=CCCCC3)N2)=C1. The number of allylic oxidation sites excluding steroid dienone is 8. The van der Waals surface area contributed by atoms with Gasteiger partial charge in [-0.3, -0.25) is 0 Å². The number of hydrogen-bond acceptors (Lipinski definition) is 4. The van der Waals surface area contributed by atoms with Crippen molar-refractivity contribution in [2.75, 3.05) is 0 Å². The molecule has 1 N–H and O–H groups in total. The number of aryl methyl sites for hydroxylation is 2. The number of fused-ring (bicyclic) bond motifs is 7. The van der Waals surface area contributed by atoms with E-state index in [0.717, 1.165) is 86.3 Å². The first-order valence-corrected chi connectivity index (χ1v) is 21.1. The van der Waals surface area contributed by atoms with Crippen molar-refractivity contribution in [1.82, 2.24) is 9.88 Å². The monoisotopic (exact) mass is 732 g/mol. The molecule has 5 nitrogen and oxygen atoms in total. The van der Waals surface area contributed by atoms with Crippen LogP contribution in [0.3, 0.4) is 0 Å². The molecule has 3 heterocycles. The number of furan rings is 1. The number of nitrogens with zero attached hydrogens (tertiary/aromatic N) is 3. The van der Waals surface area contributed by atoms with Crippen LogP contribution in [0.5, 0.6) is 0 Å². The third-order valence-electron chi connectivity index (χ3n) is 12.8. The summed E-state index contributed by atoms with van der Waals surface area (Å²) in [6.07, 6.45) is 36.7. The van der Waals surface area contributed by atoms with E-state index in [4.69, 9.17) is 14.4 Å². The lowest BCUT2D eigenvalue weighted by Crippen LogP contribution is -2.37. The lowest BCUT2D eigenvalue weighted by atomic mass is 9.90. The molecule has 5 aliphatic carbocycles. The average Bonchev–Trinajstić information content (AvgIpc) is 3.83. The number of amidine groups is 2. The summed E-state index contributed by atoms with van der Waals surface area (Å²) in [5.74, 6) is 3.52. The van der Waals surface area contributed by atoms with Gasteiger partial charge in [0.15, 0.2) is 6.17 Å². The number of aromatic nitrogens is 1. The smallest absolute Gasteiger partial charge is 0.171 e. The van der Waals surface area contributed by atoms with Crippen LogP contribution in [0.1, 0.15) is 105 Å². The zero-order valence-electron chi connectivity index (χ0n) is 32.1. The van der Waals surface area contributed by atoms with Gasteiger partial charge in [-0.25, -0.2) is 9.98 Å². The molecule has 2 unspecified atom stereocenters. The highest BCUT2D eigenvalue weighted by molar-refractivity contribution is 6.16. The highest BCUT2D eigenvalue weighted by Gasteiger charge is 2.28. The third kappa shape index (κ3) is 5.82. The lowest BCUT2D eigenvalue weighted by molar-refractivity contribution is 0.506.